The number of halogens is 2. The Bertz CT molecular complexity index is 965. The zero-order valence-electron chi connectivity index (χ0n) is 15.2. The second kappa shape index (κ2) is 9.62. The van der Waals surface area contributed by atoms with Gasteiger partial charge in [0.15, 0.2) is 17.1 Å². The molecule has 28 heavy (non-hydrogen) atoms. The molecule has 0 aliphatic carbocycles. The monoisotopic (exact) mass is 528 g/mol. The summed E-state index contributed by atoms with van der Waals surface area (Å²) in [5.74, 6) is 1.37. The lowest BCUT2D eigenvalue weighted by Crippen LogP contribution is -2.14. The molecule has 0 saturated heterocycles. The van der Waals surface area contributed by atoms with E-state index in [1.54, 1.807) is 12.1 Å². The quantitative estimate of drug-likeness (QED) is 0.347. The Balaban J connectivity index is 1.58. The van der Waals surface area contributed by atoms with Gasteiger partial charge in [-0.2, -0.15) is 0 Å². The van der Waals surface area contributed by atoms with Crippen LogP contribution >= 0.6 is 46.0 Å². The molecule has 0 aliphatic heterocycles. The number of nitrogens with zero attached hydrogens (tertiary/aromatic N) is 3. The van der Waals surface area contributed by atoms with Gasteiger partial charge >= 0.3 is 0 Å². The van der Waals surface area contributed by atoms with E-state index in [1.165, 1.54) is 11.8 Å². The Labute approximate surface area is 186 Å². The normalized spacial score (nSPS) is 11.9. The first-order valence-electron chi connectivity index (χ1n) is 8.42. The molecule has 1 atom stereocenters. The van der Waals surface area contributed by atoms with E-state index < -0.39 is 0 Å². The van der Waals surface area contributed by atoms with Crippen molar-refractivity contribution in [3.05, 3.63) is 62.9 Å². The zero-order chi connectivity index (χ0) is 20.1. The fraction of sp³-hybridized carbons (Fsp3) is 0.211. The predicted molar refractivity (Wildman–Crippen MR) is 120 cm³/mol. The fourth-order valence-electron chi connectivity index (χ4n) is 2.45. The van der Waals surface area contributed by atoms with Gasteiger partial charge in [-0.1, -0.05) is 35.5 Å². The molecule has 0 aliphatic rings. The summed E-state index contributed by atoms with van der Waals surface area (Å²) in [5.41, 5.74) is 0.770. The Kier molecular flexibility index (Phi) is 7.19. The number of para-hydroxylation sites is 1. The number of hydrogen-bond acceptors (Lipinski definition) is 5. The smallest absolute Gasteiger partial charge is 0.234 e. The summed E-state index contributed by atoms with van der Waals surface area (Å²) in [6.07, 6.45) is -0.340. The Morgan fingerprint density at radius 1 is 1.25 bits per heavy atom. The molecule has 0 unspecified atom stereocenters. The van der Waals surface area contributed by atoms with Gasteiger partial charge in [-0.15, -0.1) is 10.2 Å². The van der Waals surface area contributed by atoms with Crippen LogP contribution in [0, 0.1) is 3.57 Å². The van der Waals surface area contributed by atoms with E-state index in [-0.39, 0.29) is 17.8 Å². The molecule has 9 heteroatoms. The second-order valence-corrected chi connectivity index (χ2v) is 8.53. The topological polar surface area (TPSA) is 69.0 Å². The molecule has 146 valence electrons. The highest BCUT2D eigenvalue weighted by atomic mass is 127. The van der Waals surface area contributed by atoms with E-state index in [1.807, 2.05) is 54.9 Å². The maximum Gasteiger partial charge on any atom is 0.234 e. The van der Waals surface area contributed by atoms with E-state index in [0.717, 1.165) is 9.26 Å². The van der Waals surface area contributed by atoms with E-state index in [0.29, 0.717) is 21.8 Å². The Hall–Kier alpha value is -1.78. The lowest BCUT2D eigenvalue weighted by atomic mass is 10.3. The first-order chi connectivity index (χ1) is 13.4. The lowest BCUT2D eigenvalue weighted by molar-refractivity contribution is -0.113. The van der Waals surface area contributed by atoms with E-state index in [9.17, 15) is 4.79 Å². The van der Waals surface area contributed by atoms with Crippen LogP contribution in [0.1, 0.15) is 18.9 Å². The van der Waals surface area contributed by atoms with Crippen LogP contribution in [0.5, 0.6) is 5.75 Å². The molecule has 3 aromatic rings. The molecular weight excluding hydrogens is 511 g/mol. The number of carbonyl (C=O) groups excluding carboxylic acids is 1. The summed E-state index contributed by atoms with van der Waals surface area (Å²) in [4.78, 5) is 12.2. The third-order valence-electron chi connectivity index (χ3n) is 3.83. The number of hydrogen-bond donors (Lipinski definition) is 1. The number of amides is 1. The number of aromatic nitrogens is 3. The molecule has 3 rings (SSSR count). The van der Waals surface area contributed by atoms with Crippen LogP contribution in [0.25, 0.3) is 0 Å². The van der Waals surface area contributed by atoms with E-state index >= 15 is 0 Å². The van der Waals surface area contributed by atoms with Crippen molar-refractivity contribution in [2.45, 2.75) is 18.2 Å². The molecule has 2 aromatic carbocycles. The number of nitrogens with one attached hydrogen (secondary N) is 1. The minimum Gasteiger partial charge on any atom is -0.481 e. The maximum absolute atomic E-state index is 12.2. The molecule has 1 amide bonds. The van der Waals surface area contributed by atoms with Crippen molar-refractivity contribution in [3.8, 4) is 5.75 Å². The number of carbonyl (C=O) groups is 1. The van der Waals surface area contributed by atoms with E-state index in [4.69, 9.17) is 16.3 Å². The van der Waals surface area contributed by atoms with Crippen LogP contribution < -0.4 is 10.1 Å². The number of rotatable bonds is 7. The van der Waals surface area contributed by atoms with Crippen LogP contribution in [0.2, 0.25) is 5.02 Å². The third kappa shape index (κ3) is 5.39. The molecule has 0 bridgehead atoms. The van der Waals surface area contributed by atoms with Crippen molar-refractivity contribution < 1.29 is 9.53 Å². The molecule has 0 saturated carbocycles. The zero-order valence-corrected chi connectivity index (χ0v) is 19.0. The first-order valence-corrected chi connectivity index (χ1v) is 10.9. The highest BCUT2D eigenvalue weighted by Crippen LogP contribution is 2.29. The van der Waals surface area contributed by atoms with Crippen molar-refractivity contribution in [3.63, 3.8) is 0 Å². The van der Waals surface area contributed by atoms with Gasteiger partial charge < -0.3 is 14.6 Å². The minimum atomic E-state index is -0.340. The number of ether oxygens (including phenoxy) is 1. The Morgan fingerprint density at radius 3 is 2.68 bits per heavy atom. The van der Waals surface area contributed by atoms with E-state index in [2.05, 4.69) is 38.1 Å². The largest absolute Gasteiger partial charge is 0.481 e. The van der Waals surface area contributed by atoms with Crippen LogP contribution in [0.3, 0.4) is 0 Å². The molecular formula is C19H18ClIN4O2S. The average Bonchev–Trinajstić information content (AvgIpc) is 3.04. The fourth-order valence-corrected chi connectivity index (χ4v) is 3.71. The van der Waals surface area contributed by atoms with Crippen molar-refractivity contribution in [2.24, 2.45) is 7.05 Å². The van der Waals surface area contributed by atoms with Gasteiger partial charge in [0.1, 0.15) is 5.75 Å². The van der Waals surface area contributed by atoms with Gasteiger partial charge in [0.05, 0.1) is 10.8 Å². The second-order valence-electron chi connectivity index (χ2n) is 5.93. The summed E-state index contributed by atoms with van der Waals surface area (Å²) in [6.45, 7) is 1.88. The van der Waals surface area contributed by atoms with Gasteiger partial charge in [-0.25, -0.2) is 0 Å². The summed E-state index contributed by atoms with van der Waals surface area (Å²) < 4.78 is 8.83. The number of thioether (sulfide) groups is 1. The van der Waals surface area contributed by atoms with Gasteiger partial charge in [0.25, 0.3) is 0 Å². The highest BCUT2D eigenvalue weighted by molar-refractivity contribution is 14.1. The maximum atomic E-state index is 12.2. The summed E-state index contributed by atoms with van der Waals surface area (Å²) in [6, 6.07) is 14.9. The SMILES string of the molecule is C[C@@H](Oc1ccccc1Cl)c1nnc(SCC(=O)Nc2ccc(I)cc2)n1C. The van der Waals surface area contributed by atoms with Crippen molar-refractivity contribution in [1.82, 2.24) is 14.8 Å². The highest BCUT2D eigenvalue weighted by Gasteiger charge is 2.18. The Morgan fingerprint density at radius 2 is 1.96 bits per heavy atom. The summed E-state index contributed by atoms with van der Waals surface area (Å²) in [5, 5.41) is 12.4. The predicted octanol–water partition coefficient (Wildman–Crippen LogP) is 4.94. The van der Waals surface area contributed by atoms with Gasteiger partial charge in [-0.05, 0) is 65.9 Å². The standard InChI is InChI=1S/C19H18ClIN4O2S/c1-12(27-16-6-4-3-5-15(16)20)18-23-24-19(25(18)2)28-11-17(26)22-14-9-7-13(21)8-10-14/h3-10,12H,11H2,1-2H3,(H,22,26)/t12-/m1/s1. The molecule has 6 nitrogen and oxygen atoms in total. The summed E-state index contributed by atoms with van der Waals surface area (Å²) in [7, 11) is 1.85. The molecule has 1 aromatic heterocycles. The molecule has 1 heterocycles. The average molecular weight is 529 g/mol. The molecule has 0 fully saturated rings. The minimum absolute atomic E-state index is 0.101. The lowest BCUT2D eigenvalue weighted by Gasteiger charge is -2.15. The third-order valence-corrected chi connectivity index (χ3v) is 5.88. The van der Waals surface area contributed by atoms with Crippen LogP contribution in [-0.4, -0.2) is 26.4 Å². The van der Waals surface area contributed by atoms with Gasteiger partial charge in [-0.3, -0.25) is 4.79 Å². The van der Waals surface area contributed by atoms with Gasteiger partial charge in [0, 0.05) is 16.3 Å². The van der Waals surface area contributed by atoms with Crippen molar-refractivity contribution in [2.75, 3.05) is 11.1 Å². The molecule has 0 spiro atoms. The number of anilines is 1. The van der Waals surface area contributed by atoms with Crippen LogP contribution in [0.15, 0.2) is 53.7 Å². The van der Waals surface area contributed by atoms with Crippen molar-refractivity contribution >= 4 is 57.5 Å². The van der Waals surface area contributed by atoms with Gasteiger partial charge in [0.2, 0.25) is 5.91 Å². The van der Waals surface area contributed by atoms with Crippen molar-refractivity contribution in [1.29, 1.82) is 0 Å². The molecule has 0 radical (unpaired) electrons. The summed E-state index contributed by atoms with van der Waals surface area (Å²) >= 11 is 9.68. The number of benzene rings is 2. The van der Waals surface area contributed by atoms with Crippen LogP contribution in [0.4, 0.5) is 5.69 Å². The molecule has 1 N–H and O–H groups in total. The first kappa shape index (κ1) is 20.9. The van der Waals surface area contributed by atoms with Crippen LogP contribution in [-0.2, 0) is 11.8 Å².